The van der Waals surface area contributed by atoms with Crippen molar-refractivity contribution in [3.63, 3.8) is 0 Å². The van der Waals surface area contributed by atoms with Gasteiger partial charge in [0.05, 0.1) is 0 Å². The molecule has 0 bridgehead atoms. The lowest BCUT2D eigenvalue weighted by Gasteiger charge is -2.04. The maximum absolute atomic E-state index is 12.5. The molecule has 68 valence electrons. The topological polar surface area (TPSA) is 26.0 Å². The number of halogens is 3. The molecule has 1 atom stereocenters. The largest absolute Gasteiger partial charge is 0.324 e. The van der Waals surface area contributed by atoms with Crippen LogP contribution >= 0.6 is 12.4 Å². The maximum Gasteiger partial charge on any atom is 0.126 e. The fourth-order valence-electron chi connectivity index (χ4n) is 0.838. The molecular formula is C8H10ClF2N. The van der Waals surface area contributed by atoms with Gasteiger partial charge in [0.1, 0.15) is 11.6 Å². The normalized spacial score (nSPS) is 12.0. The first kappa shape index (κ1) is 11.3. The van der Waals surface area contributed by atoms with E-state index < -0.39 is 11.6 Å². The minimum atomic E-state index is -0.586. The summed E-state index contributed by atoms with van der Waals surface area (Å²) in [5, 5.41) is 0. The van der Waals surface area contributed by atoms with Crippen LogP contribution in [0, 0.1) is 11.6 Å². The Hall–Kier alpha value is -0.670. The van der Waals surface area contributed by atoms with Crippen molar-refractivity contribution < 1.29 is 8.78 Å². The second kappa shape index (κ2) is 4.38. The molecule has 0 amide bonds. The summed E-state index contributed by atoms with van der Waals surface area (Å²) < 4.78 is 25.0. The second-order valence-corrected chi connectivity index (χ2v) is 2.49. The van der Waals surface area contributed by atoms with Gasteiger partial charge in [0.25, 0.3) is 0 Å². The fourth-order valence-corrected chi connectivity index (χ4v) is 0.838. The number of hydrogen-bond acceptors (Lipinski definition) is 1. The number of hydrogen-bond donors (Lipinski definition) is 1. The molecule has 1 aromatic carbocycles. The molecule has 2 N–H and O–H groups in total. The van der Waals surface area contributed by atoms with E-state index in [4.69, 9.17) is 5.73 Å². The van der Waals surface area contributed by atoms with Crippen LogP contribution in [-0.4, -0.2) is 0 Å². The summed E-state index contributed by atoms with van der Waals surface area (Å²) in [5.41, 5.74) is 5.89. The van der Waals surface area contributed by atoms with Crippen molar-refractivity contribution in [3.8, 4) is 0 Å². The van der Waals surface area contributed by atoms with Crippen molar-refractivity contribution in [2.45, 2.75) is 13.0 Å². The van der Waals surface area contributed by atoms with E-state index in [9.17, 15) is 8.78 Å². The van der Waals surface area contributed by atoms with Gasteiger partial charge in [-0.3, -0.25) is 0 Å². The first-order valence-corrected chi connectivity index (χ1v) is 3.31. The van der Waals surface area contributed by atoms with Crippen LogP contribution in [0.5, 0.6) is 0 Å². The van der Waals surface area contributed by atoms with Gasteiger partial charge >= 0.3 is 0 Å². The van der Waals surface area contributed by atoms with Crippen LogP contribution in [0.3, 0.4) is 0 Å². The predicted molar refractivity (Wildman–Crippen MR) is 46.2 cm³/mol. The van der Waals surface area contributed by atoms with Crippen molar-refractivity contribution in [1.29, 1.82) is 0 Å². The van der Waals surface area contributed by atoms with Gasteiger partial charge in [0.2, 0.25) is 0 Å². The average Bonchev–Trinajstić information content (AvgIpc) is 1.85. The summed E-state index contributed by atoms with van der Waals surface area (Å²) in [6.07, 6.45) is 0. The molecule has 12 heavy (non-hydrogen) atoms. The molecule has 0 spiro atoms. The molecule has 0 saturated carbocycles. The number of benzene rings is 1. The molecule has 0 radical (unpaired) electrons. The summed E-state index contributed by atoms with van der Waals surface area (Å²) in [7, 11) is 0. The Morgan fingerprint density at radius 1 is 1.17 bits per heavy atom. The molecule has 0 unspecified atom stereocenters. The summed E-state index contributed by atoms with van der Waals surface area (Å²) >= 11 is 0. The van der Waals surface area contributed by atoms with Crippen LogP contribution in [0.2, 0.25) is 0 Å². The Morgan fingerprint density at radius 2 is 1.58 bits per heavy atom. The Labute approximate surface area is 76.0 Å². The minimum Gasteiger partial charge on any atom is -0.324 e. The highest BCUT2D eigenvalue weighted by Crippen LogP contribution is 2.13. The van der Waals surface area contributed by atoms with Crippen LogP contribution in [0.25, 0.3) is 0 Å². The predicted octanol–water partition coefficient (Wildman–Crippen LogP) is 2.41. The molecule has 0 heterocycles. The Morgan fingerprint density at radius 3 is 1.92 bits per heavy atom. The third kappa shape index (κ3) is 2.75. The Kier molecular flexibility index (Phi) is 4.13. The van der Waals surface area contributed by atoms with Crippen molar-refractivity contribution in [3.05, 3.63) is 35.4 Å². The highest BCUT2D eigenvalue weighted by molar-refractivity contribution is 5.85. The molecule has 0 aliphatic heterocycles. The maximum atomic E-state index is 12.5. The van der Waals surface area contributed by atoms with E-state index in [1.165, 1.54) is 12.1 Å². The summed E-state index contributed by atoms with van der Waals surface area (Å²) in [6, 6.07) is 2.95. The molecule has 0 aliphatic carbocycles. The first-order valence-electron chi connectivity index (χ1n) is 3.31. The second-order valence-electron chi connectivity index (χ2n) is 2.49. The van der Waals surface area contributed by atoms with Crippen molar-refractivity contribution in [1.82, 2.24) is 0 Å². The van der Waals surface area contributed by atoms with Gasteiger partial charge in [-0.2, -0.15) is 0 Å². The van der Waals surface area contributed by atoms with Gasteiger partial charge in [0.15, 0.2) is 0 Å². The minimum absolute atomic E-state index is 0. The zero-order valence-corrected chi connectivity index (χ0v) is 7.37. The van der Waals surface area contributed by atoms with Crippen LogP contribution in [0.1, 0.15) is 18.5 Å². The summed E-state index contributed by atoms with van der Waals surface area (Å²) in [6.45, 7) is 1.67. The quantitative estimate of drug-likeness (QED) is 0.728. The highest BCUT2D eigenvalue weighted by atomic mass is 35.5. The van der Waals surface area contributed by atoms with Crippen molar-refractivity contribution >= 4 is 12.4 Å². The molecule has 0 saturated heterocycles. The molecule has 1 nitrogen and oxygen atoms in total. The van der Waals surface area contributed by atoms with Gasteiger partial charge in [-0.05, 0) is 24.6 Å². The summed E-state index contributed by atoms with van der Waals surface area (Å²) in [5.74, 6) is -1.17. The van der Waals surface area contributed by atoms with E-state index in [0.29, 0.717) is 5.56 Å². The third-order valence-corrected chi connectivity index (χ3v) is 1.41. The average molecular weight is 194 g/mol. The SMILES string of the molecule is C[C@@H](N)c1cc(F)cc(F)c1.Cl. The fraction of sp³-hybridized carbons (Fsp3) is 0.250. The van der Waals surface area contributed by atoms with Crippen LogP contribution in [0.15, 0.2) is 18.2 Å². The lowest BCUT2D eigenvalue weighted by atomic mass is 10.1. The Bertz CT molecular complexity index is 243. The molecule has 0 fully saturated rings. The van der Waals surface area contributed by atoms with Crippen LogP contribution in [-0.2, 0) is 0 Å². The van der Waals surface area contributed by atoms with E-state index in [1.54, 1.807) is 6.92 Å². The van der Waals surface area contributed by atoms with E-state index in [2.05, 4.69) is 0 Å². The van der Waals surface area contributed by atoms with Gasteiger partial charge in [0, 0.05) is 12.1 Å². The molecule has 4 heteroatoms. The zero-order valence-electron chi connectivity index (χ0n) is 6.55. The van der Waals surface area contributed by atoms with Crippen LogP contribution in [0.4, 0.5) is 8.78 Å². The smallest absolute Gasteiger partial charge is 0.126 e. The van der Waals surface area contributed by atoms with Gasteiger partial charge < -0.3 is 5.73 Å². The zero-order chi connectivity index (χ0) is 8.43. The summed E-state index contributed by atoms with van der Waals surface area (Å²) in [4.78, 5) is 0. The third-order valence-electron chi connectivity index (χ3n) is 1.41. The standard InChI is InChI=1S/C8H9F2N.ClH/c1-5(11)6-2-7(9)4-8(10)3-6;/h2-5H,11H2,1H3;1H/t5-;/m1./s1. The molecule has 0 aromatic heterocycles. The lowest BCUT2D eigenvalue weighted by Crippen LogP contribution is -2.05. The van der Waals surface area contributed by atoms with Crippen molar-refractivity contribution in [2.24, 2.45) is 5.73 Å². The number of nitrogens with two attached hydrogens (primary N) is 1. The highest BCUT2D eigenvalue weighted by Gasteiger charge is 2.03. The molecule has 1 aromatic rings. The molecule has 0 aliphatic rings. The monoisotopic (exact) mass is 193 g/mol. The Balaban J connectivity index is 0.00000121. The molecular weight excluding hydrogens is 184 g/mol. The van der Waals surface area contributed by atoms with E-state index in [1.807, 2.05) is 0 Å². The van der Waals surface area contributed by atoms with E-state index >= 15 is 0 Å². The van der Waals surface area contributed by atoms with Crippen LogP contribution < -0.4 is 5.73 Å². The lowest BCUT2D eigenvalue weighted by molar-refractivity contribution is 0.576. The first-order chi connectivity index (χ1) is 5.09. The van der Waals surface area contributed by atoms with Gasteiger partial charge in [-0.15, -0.1) is 12.4 Å². The number of rotatable bonds is 1. The molecule has 1 rings (SSSR count). The van der Waals surface area contributed by atoms with E-state index in [-0.39, 0.29) is 18.4 Å². The van der Waals surface area contributed by atoms with E-state index in [0.717, 1.165) is 6.07 Å². The van der Waals surface area contributed by atoms with Gasteiger partial charge in [-0.1, -0.05) is 0 Å². The van der Waals surface area contributed by atoms with Gasteiger partial charge in [-0.25, -0.2) is 8.78 Å². The van der Waals surface area contributed by atoms with Crippen molar-refractivity contribution in [2.75, 3.05) is 0 Å².